The average Bonchev–Trinajstić information content (AvgIpc) is 2.98. The van der Waals surface area contributed by atoms with Gasteiger partial charge in [-0.25, -0.2) is 18.8 Å². The highest BCUT2D eigenvalue weighted by atomic mass is 35.5. The number of methoxy groups -OCH3 is 1. The number of carbonyl (C=O) groups excluding carboxylic acids is 1. The van der Waals surface area contributed by atoms with Crippen LogP contribution >= 0.6 is 23.2 Å². The average molecular weight is 663 g/mol. The lowest BCUT2D eigenvalue weighted by Gasteiger charge is -2.25. The van der Waals surface area contributed by atoms with Crippen molar-refractivity contribution >= 4 is 41.0 Å². The predicted molar refractivity (Wildman–Crippen MR) is 166 cm³/mol. The van der Waals surface area contributed by atoms with E-state index in [1.165, 1.54) is 69.5 Å². The first-order valence-electron chi connectivity index (χ1n) is 13.4. The number of nitrogen functional groups attached to an aromatic ring is 1. The third kappa shape index (κ3) is 7.73. The predicted octanol–water partition coefficient (Wildman–Crippen LogP) is 7.36. The number of alkyl halides is 2. The van der Waals surface area contributed by atoms with E-state index in [0.29, 0.717) is 5.56 Å². The molecule has 1 atom stereocenters. The van der Waals surface area contributed by atoms with Crippen molar-refractivity contribution in [2.45, 2.75) is 31.9 Å². The number of aromatic nitrogens is 1. The van der Waals surface area contributed by atoms with Crippen LogP contribution in [-0.2, 0) is 5.60 Å². The van der Waals surface area contributed by atoms with E-state index in [1.807, 2.05) is 0 Å². The lowest BCUT2D eigenvalue weighted by molar-refractivity contribution is 0.0743. The highest BCUT2D eigenvalue weighted by molar-refractivity contribution is 6.43. The molecule has 0 aliphatic rings. The van der Waals surface area contributed by atoms with Gasteiger partial charge in [-0.05, 0) is 55.8 Å². The van der Waals surface area contributed by atoms with Crippen molar-refractivity contribution in [3.63, 3.8) is 0 Å². The molecule has 0 saturated heterocycles. The van der Waals surface area contributed by atoms with Crippen LogP contribution in [0.4, 0.5) is 23.2 Å². The molecule has 4 rings (SSSR count). The zero-order valence-electron chi connectivity index (χ0n) is 24.2. The third-order valence-corrected chi connectivity index (χ3v) is 7.72. The first-order valence-corrected chi connectivity index (χ1v) is 14.2. The third-order valence-electron chi connectivity index (χ3n) is 6.90. The highest BCUT2D eigenvalue weighted by Gasteiger charge is 2.29. The maximum Gasteiger partial charge on any atom is 0.331 e. The second-order valence-corrected chi connectivity index (χ2v) is 11.3. The molecule has 1 unspecified atom stereocenters. The molecular formula is C32H28Cl2F4N4O3. The van der Waals surface area contributed by atoms with Gasteiger partial charge in [0.25, 0.3) is 5.91 Å². The van der Waals surface area contributed by atoms with E-state index < -0.39 is 35.6 Å². The molecular weight excluding hydrogens is 635 g/mol. The summed E-state index contributed by atoms with van der Waals surface area (Å²) >= 11 is 12.6. The number of hydrogen-bond acceptors (Lipinski definition) is 6. The van der Waals surface area contributed by atoms with Gasteiger partial charge in [-0.15, -0.1) is 0 Å². The SMILES string of the molecule is COc1cc(C(=O)NCC(c2cccc(F)c2)c2cc(C(C)(C)O)c(F)c(-c3cccc(Cl)c3Cl)n2)cc(/C=N/C(F)F)c1N. The number of rotatable bonds is 10. The largest absolute Gasteiger partial charge is 0.495 e. The van der Waals surface area contributed by atoms with E-state index in [2.05, 4.69) is 15.3 Å². The van der Waals surface area contributed by atoms with Crippen LogP contribution in [-0.4, -0.2) is 42.4 Å². The number of benzene rings is 3. The highest BCUT2D eigenvalue weighted by Crippen LogP contribution is 2.38. The smallest absolute Gasteiger partial charge is 0.331 e. The van der Waals surface area contributed by atoms with Crippen LogP contribution in [0.2, 0.25) is 10.0 Å². The van der Waals surface area contributed by atoms with Crippen LogP contribution in [0.15, 0.2) is 65.7 Å². The zero-order valence-corrected chi connectivity index (χ0v) is 25.7. The van der Waals surface area contributed by atoms with Crippen molar-refractivity contribution in [1.29, 1.82) is 0 Å². The van der Waals surface area contributed by atoms with Crippen molar-refractivity contribution in [3.05, 3.63) is 110 Å². The molecule has 7 nitrogen and oxygen atoms in total. The van der Waals surface area contributed by atoms with Crippen LogP contribution in [0.1, 0.15) is 52.5 Å². The maximum absolute atomic E-state index is 15.9. The standard InChI is InChI=1S/C32H28Cl2F4N4O3/c1-32(2,44)22-13-24(42-29(27(22)36)20-8-5-9-23(33)26(20)34)21(16-6-4-7-19(35)11-16)15-40-30(43)17-10-18(14-41-31(37)38)28(39)25(12-17)45-3/h4-14,21,31,44H,15,39H2,1-3H3,(H,40,43)/b41-14+. The van der Waals surface area contributed by atoms with Gasteiger partial charge >= 0.3 is 6.55 Å². The summed E-state index contributed by atoms with van der Waals surface area (Å²) in [6, 6.07) is 14.1. The Morgan fingerprint density at radius 3 is 2.49 bits per heavy atom. The van der Waals surface area contributed by atoms with Gasteiger partial charge in [-0.2, -0.15) is 8.78 Å². The number of hydrogen-bond donors (Lipinski definition) is 3. The van der Waals surface area contributed by atoms with Gasteiger partial charge in [-0.1, -0.05) is 47.5 Å². The number of aliphatic imine (C=N–C) groups is 1. The normalized spacial score (nSPS) is 12.5. The van der Waals surface area contributed by atoms with Gasteiger partial charge in [0.05, 0.1) is 34.1 Å². The van der Waals surface area contributed by atoms with Crippen LogP contribution in [0, 0.1) is 11.6 Å². The van der Waals surface area contributed by atoms with Crippen LogP contribution in [0.3, 0.4) is 0 Å². The molecule has 1 heterocycles. The number of nitrogens with two attached hydrogens (primary N) is 1. The molecule has 13 heteroatoms. The number of nitrogens with zero attached hydrogens (tertiary/aromatic N) is 2. The molecule has 45 heavy (non-hydrogen) atoms. The molecule has 0 aliphatic carbocycles. The molecule has 1 amide bonds. The fraction of sp³-hybridized carbons (Fsp3) is 0.219. The minimum absolute atomic E-state index is 0.00190. The molecule has 236 valence electrons. The minimum Gasteiger partial charge on any atom is -0.495 e. The van der Waals surface area contributed by atoms with E-state index in [9.17, 15) is 23.1 Å². The van der Waals surface area contributed by atoms with Crippen molar-refractivity contribution in [2.75, 3.05) is 19.4 Å². The monoisotopic (exact) mass is 662 g/mol. The number of aliphatic hydroxyl groups is 1. The Hall–Kier alpha value is -4.19. The fourth-order valence-electron chi connectivity index (χ4n) is 4.64. The summed E-state index contributed by atoms with van der Waals surface area (Å²) in [4.78, 5) is 20.9. The Balaban J connectivity index is 1.82. The molecule has 4 N–H and O–H groups in total. The van der Waals surface area contributed by atoms with Crippen LogP contribution in [0.5, 0.6) is 5.75 Å². The van der Waals surface area contributed by atoms with Gasteiger partial charge in [0.15, 0.2) is 5.82 Å². The Labute approximate surface area is 266 Å². The second-order valence-electron chi connectivity index (χ2n) is 10.5. The van der Waals surface area contributed by atoms with Crippen LogP contribution < -0.4 is 15.8 Å². The van der Waals surface area contributed by atoms with Gasteiger partial charge in [0, 0.05) is 40.9 Å². The summed E-state index contributed by atoms with van der Waals surface area (Å²) in [5.41, 5.74) is 4.68. The van der Waals surface area contributed by atoms with Gasteiger partial charge in [0.2, 0.25) is 0 Å². The molecule has 0 aliphatic heterocycles. The number of amides is 1. The summed E-state index contributed by atoms with van der Waals surface area (Å²) in [5, 5.41) is 13.8. The van der Waals surface area contributed by atoms with E-state index in [-0.39, 0.29) is 61.7 Å². The molecule has 0 fully saturated rings. The van der Waals surface area contributed by atoms with E-state index >= 15 is 4.39 Å². The number of ether oxygens (including phenoxy) is 1. The lowest BCUT2D eigenvalue weighted by atomic mass is 9.89. The van der Waals surface area contributed by atoms with Gasteiger partial charge < -0.3 is 20.9 Å². The van der Waals surface area contributed by atoms with E-state index in [0.717, 1.165) is 6.21 Å². The number of halogens is 6. The first kappa shape index (κ1) is 33.7. The van der Waals surface area contributed by atoms with Crippen LogP contribution in [0.25, 0.3) is 11.3 Å². The number of anilines is 1. The fourth-order valence-corrected chi connectivity index (χ4v) is 5.03. The Morgan fingerprint density at radius 1 is 1.13 bits per heavy atom. The molecule has 0 bridgehead atoms. The summed E-state index contributed by atoms with van der Waals surface area (Å²) in [6.45, 7) is -0.409. The number of nitrogens with one attached hydrogen (secondary N) is 1. The Bertz CT molecular complexity index is 1760. The summed E-state index contributed by atoms with van der Waals surface area (Å²) in [7, 11) is 1.30. The Morgan fingerprint density at radius 2 is 1.84 bits per heavy atom. The molecule has 3 aromatic carbocycles. The number of carbonyl (C=O) groups is 1. The van der Waals surface area contributed by atoms with Gasteiger partial charge in [-0.3, -0.25) is 4.79 Å². The maximum atomic E-state index is 15.9. The minimum atomic E-state index is -3.00. The zero-order chi connectivity index (χ0) is 33.1. The van der Waals surface area contributed by atoms with Crippen molar-refractivity contribution in [2.24, 2.45) is 4.99 Å². The van der Waals surface area contributed by atoms with Crippen molar-refractivity contribution in [1.82, 2.24) is 10.3 Å². The molecule has 4 aromatic rings. The van der Waals surface area contributed by atoms with Crippen molar-refractivity contribution in [3.8, 4) is 17.0 Å². The van der Waals surface area contributed by atoms with Gasteiger partial charge in [0.1, 0.15) is 17.3 Å². The quantitative estimate of drug-likeness (QED) is 0.0712. The lowest BCUT2D eigenvalue weighted by Crippen LogP contribution is -2.30. The number of pyridine rings is 1. The van der Waals surface area contributed by atoms with E-state index in [1.54, 1.807) is 12.1 Å². The molecule has 0 radical (unpaired) electrons. The topological polar surface area (TPSA) is 110 Å². The second kappa shape index (κ2) is 13.8. The summed E-state index contributed by atoms with van der Waals surface area (Å²) in [6.07, 6.45) is 0.831. The molecule has 0 saturated carbocycles. The summed E-state index contributed by atoms with van der Waals surface area (Å²) in [5.74, 6) is -2.90. The molecule has 0 spiro atoms. The molecule has 1 aromatic heterocycles. The van der Waals surface area contributed by atoms with E-state index in [4.69, 9.17) is 33.7 Å². The Kier molecular flexibility index (Phi) is 10.4. The first-order chi connectivity index (χ1) is 21.2. The summed E-state index contributed by atoms with van der Waals surface area (Å²) < 4.78 is 61.0. The van der Waals surface area contributed by atoms with Crippen molar-refractivity contribution < 1.29 is 32.2 Å².